The number of ether oxygens (including phenoxy) is 1. The minimum absolute atomic E-state index is 0.241. The molecule has 0 aliphatic carbocycles. The molecular weight excluding hydrogens is 388 g/mol. The lowest BCUT2D eigenvalue weighted by atomic mass is 10.2. The van der Waals surface area contributed by atoms with Gasteiger partial charge in [-0.25, -0.2) is 8.42 Å². The first-order chi connectivity index (χ1) is 12.7. The van der Waals surface area contributed by atoms with Crippen LogP contribution < -0.4 is 14.4 Å². The highest BCUT2D eigenvalue weighted by atomic mass is 35.5. The zero-order valence-corrected chi connectivity index (χ0v) is 17.0. The number of benzene rings is 2. The van der Waals surface area contributed by atoms with Crippen LogP contribution in [0.5, 0.6) is 5.75 Å². The zero-order valence-electron chi connectivity index (χ0n) is 15.5. The van der Waals surface area contributed by atoms with Crippen LogP contribution in [-0.4, -0.2) is 33.7 Å². The average Bonchev–Trinajstić information content (AvgIpc) is 2.64. The summed E-state index contributed by atoms with van der Waals surface area (Å²) in [5.74, 6) is 0.246. The van der Waals surface area contributed by atoms with Crippen molar-refractivity contribution in [2.24, 2.45) is 0 Å². The minimum atomic E-state index is -3.33. The van der Waals surface area contributed by atoms with E-state index in [4.69, 9.17) is 16.3 Å². The Morgan fingerprint density at radius 3 is 2.37 bits per heavy atom. The highest BCUT2D eigenvalue weighted by molar-refractivity contribution is 7.92. The molecule has 0 aliphatic heterocycles. The zero-order chi connectivity index (χ0) is 20.0. The van der Waals surface area contributed by atoms with Gasteiger partial charge in [-0.3, -0.25) is 9.10 Å². The Morgan fingerprint density at radius 1 is 1.19 bits per heavy atom. The first-order valence-corrected chi connectivity index (χ1v) is 10.7. The van der Waals surface area contributed by atoms with Gasteiger partial charge in [-0.2, -0.15) is 0 Å². The van der Waals surface area contributed by atoms with E-state index in [2.05, 4.69) is 5.32 Å². The number of amides is 1. The van der Waals surface area contributed by atoms with E-state index in [0.29, 0.717) is 29.4 Å². The molecule has 0 fully saturated rings. The molecule has 0 saturated carbocycles. The lowest BCUT2D eigenvalue weighted by Gasteiger charge is -2.19. The van der Waals surface area contributed by atoms with Gasteiger partial charge in [0.1, 0.15) is 5.75 Å². The van der Waals surface area contributed by atoms with Crippen LogP contribution in [0.15, 0.2) is 48.5 Å². The van der Waals surface area contributed by atoms with Crippen molar-refractivity contribution in [2.75, 3.05) is 17.6 Å². The van der Waals surface area contributed by atoms with Crippen LogP contribution in [0.25, 0.3) is 0 Å². The molecule has 1 N–H and O–H groups in total. The van der Waals surface area contributed by atoms with Crippen LogP contribution in [0.4, 0.5) is 5.69 Å². The molecule has 27 heavy (non-hydrogen) atoms. The number of carbonyl (C=O) groups is 1. The molecule has 0 radical (unpaired) electrons. The smallest absolute Gasteiger partial charge is 0.261 e. The number of anilines is 1. The van der Waals surface area contributed by atoms with Crippen molar-refractivity contribution in [1.82, 2.24) is 5.32 Å². The van der Waals surface area contributed by atoms with Crippen molar-refractivity contribution >= 4 is 33.2 Å². The topological polar surface area (TPSA) is 75.7 Å². The number of carbonyl (C=O) groups excluding carboxylic acids is 1. The summed E-state index contributed by atoms with van der Waals surface area (Å²) in [7, 11) is -1.86. The second-order valence-corrected chi connectivity index (χ2v) is 8.47. The number of nitrogens with zero attached hydrogens (tertiary/aromatic N) is 1. The van der Waals surface area contributed by atoms with Crippen molar-refractivity contribution in [3.05, 3.63) is 59.1 Å². The van der Waals surface area contributed by atoms with E-state index in [9.17, 15) is 13.2 Å². The summed E-state index contributed by atoms with van der Waals surface area (Å²) in [5.41, 5.74) is 1.34. The summed E-state index contributed by atoms with van der Waals surface area (Å²) in [6.07, 6.45) is 0.957. The van der Waals surface area contributed by atoms with Gasteiger partial charge in [0, 0.05) is 18.6 Å². The number of hydrogen-bond donors (Lipinski definition) is 1. The van der Waals surface area contributed by atoms with Crippen molar-refractivity contribution < 1.29 is 17.9 Å². The molecule has 2 aromatic carbocycles. The van der Waals surface area contributed by atoms with Gasteiger partial charge in [-0.15, -0.1) is 0 Å². The third kappa shape index (κ3) is 5.87. The van der Waals surface area contributed by atoms with Crippen molar-refractivity contribution in [2.45, 2.75) is 26.0 Å². The molecule has 2 rings (SSSR count). The van der Waals surface area contributed by atoms with Crippen LogP contribution in [0.2, 0.25) is 5.02 Å². The molecule has 0 aromatic heterocycles. The van der Waals surface area contributed by atoms with Crippen LogP contribution in [-0.2, 0) is 21.4 Å². The fraction of sp³-hybridized carbons (Fsp3) is 0.316. The Hall–Kier alpha value is -2.25. The van der Waals surface area contributed by atoms with Gasteiger partial charge >= 0.3 is 0 Å². The van der Waals surface area contributed by atoms with E-state index in [0.717, 1.165) is 11.8 Å². The Labute approximate surface area is 165 Å². The first-order valence-electron chi connectivity index (χ1n) is 8.44. The number of rotatable bonds is 8. The molecule has 8 heteroatoms. The number of halogens is 1. The van der Waals surface area contributed by atoms with Gasteiger partial charge in [0.25, 0.3) is 5.91 Å². The molecule has 0 spiro atoms. The maximum absolute atomic E-state index is 12.4. The van der Waals surface area contributed by atoms with Crippen LogP contribution in [0.1, 0.15) is 18.9 Å². The van der Waals surface area contributed by atoms with Gasteiger partial charge in [0.05, 0.1) is 11.9 Å². The van der Waals surface area contributed by atoms with E-state index in [-0.39, 0.29) is 5.91 Å². The molecule has 1 amide bonds. The van der Waals surface area contributed by atoms with Gasteiger partial charge in [0.2, 0.25) is 10.0 Å². The Balaban J connectivity index is 1.99. The van der Waals surface area contributed by atoms with E-state index in [1.807, 2.05) is 25.1 Å². The number of hydrogen-bond acceptors (Lipinski definition) is 4. The summed E-state index contributed by atoms with van der Waals surface area (Å²) in [4.78, 5) is 12.4. The van der Waals surface area contributed by atoms with Crippen LogP contribution in [0.3, 0.4) is 0 Å². The van der Waals surface area contributed by atoms with E-state index in [1.165, 1.54) is 11.4 Å². The van der Waals surface area contributed by atoms with Gasteiger partial charge in [0.15, 0.2) is 6.10 Å². The van der Waals surface area contributed by atoms with Crippen molar-refractivity contribution in [3.8, 4) is 5.75 Å². The fourth-order valence-corrected chi connectivity index (χ4v) is 3.06. The predicted octanol–water partition coefficient (Wildman–Crippen LogP) is 3.21. The standard InChI is InChI=1S/C19H23ClN2O4S/c1-4-18(19(23)21-13-14-7-5-6-8-17(14)20)26-16-11-9-15(10-12-16)22(2)27(3,24)25/h5-12,18H,4,13H2,1-3H3,(H,21,23)/t18-/m1/s1. The molecule has 1 atom stereocenters. The third-order valence-electron chi connectivity index (χ3n) is 4.05. The van der Waals surface area contributed by atoms with Gasteiger partial charge in [-0.05, 0) is 42.3 Å². The van der Waals surface area contributed by atoms with Crippen LogP contribution >= 0.6 is 11.6 Å². The van der Waals surface area contributed by atoms with E-state index < -0.39 is 16.1 Å². The lowest BCUT2D eigenvalue weighted by molar-refractivity contribution is -0.128. The SMILES string of the molecule is CC[C@@H](Oc1ccc(N(C)S(C)(=O)=O)cc1)C(=O)NCc1ccccc1Cl. The normalized spacial score (nSPS) is 12.3. The summed E-state index contributed by atoms with van der Waals surface area (Å²) >= 11 is 6.09. The van der Waals surface area contributed by atoms with E-state index >= 15 is 0 Å². The maximum Gasteiger partial charge on any atom is 0.261 e. The van der Waals surface area contributed by atoms with Crippen LogP contribution in [0, 0.1) is 0 Å². The average molecular weight is 411 g/mol. The first kappa shape index (κ1) is 21.1. The molecule has 0 aliphatic rings. The quantitative estimate of drug-likeness (QED) is 0.725. The molecule has 146 valence electrons. The summed E-state index contributed by atoms with van der Waals surface area (Å²) in [6.45, 7) is 2.17. The minimum Gasteiger partial charge on any atom is -0.481 e. The Morgan fingerprint density at radius 2 is 1.81 bits per heavy atom. The molecule has 2 aromatic rings. The van der Waals surface area contributed by atoms with Crippen molar-refractivity contribution in [3.63, 3.8) is 0 Å². The highest BCUT2D eigenvalue weighted by Crippen LogP contribution is 2.21. The Bertz CT molecular complexity index is 885. The molecule has 0 bridgehead atoms. The van der Waals surface area contributed by atoms with Gasteiger partial charge < -0.3 is 10.1 Å². The molecule has 0 heterocycles. The van der Waals surface area contributed by atoms with Crippen molar-refractivity contribution in [1.29, 1.82) is 0 Å². The monoisotopic (exact) mass is 410 g/mol. The molecular formula is C19H23ClN2O4S. The number of nitrogens with one attached hydrogen (secondary N) is 1. The largest absolute Gasteiger partial charge is 0.481 e. The summed E-state index contributed by atoms with van der Waals surface area (Å²) in [5, 5.41) is 3.42. The number of sulfonamides is 1. The summed E-state index contributed by atoms with van der Waals surface area (Å²) in [6, 6.07) is 13.8. The second kappa shape index (κ2) is 9.10. The highest BCUT2D eigenvalue weighted by Gasteiger charge is 2.19. The molecule has 0 saturated heterocycles. The fourth-order valence-electron chi connectivity index (χ4n) is 2.35. The molecule has 0 unspecified atom stereocenters. The third-order valence-corrected chi connectivity index (χ3v) is 5.62. The second-order valence-electron chi connectivity index (χ2n) is 6.05. The predicted molar refractivity (Wildman–Crippen MR) is 108 cm³/mol. The Kier molecular flexibility index (Phi) is 7.10. The molecule has 6 nitrogen and oxygen atoms in total. The summed E-state index contributed by atoms with van der Waals surface area (Å²) < 4.78 is 30.1. The van der Waals surface area contributed by atoms with E-state index in [1.54, 1.807) is 30.3 Å². The maximum atomic E-state index is 12.4. The van der Waals surface area contributed by atoms with Gasteiger partial charge in [-0.1, -0.05) is 36.7 Å². The lowest BCUT2D eigenvalue weighted by Crippen LogP contribution is -2.37.